The summed E-state index contributed by atoms with van der Waals surface area (Å²) in [5, 5.41) is 0. The fraction of sp³-hybridized carbons (Fsp3) is 1.00. The van der Waals surface area contributed by atoms with E-state index in [0.29, 0.717) is 0 Å². The Morgan fingerprint density at radius 2 is 1.73 bits per heavy atom. The highest BCUT2D eigenvalue weighted by molar-refractivity contribution is 5.01. The Hall–Kier alpha value is -0.0800. The molecule has 1 heterocycles. The van der Waals surface area contributed by atoms with Gasteiger partial charge in [0.1, 0.15) is 0 Å². The van der Waals surface area contributed by atoms with Gasteiger partial charge in [0.2, 0.25) is 0 Å². The first-order valence-electron chi connectivity index (χ1n) is 6.70. The molecule has 2 nitrogen and oxygen atoms in total. The molecule has 0 unspecified atom stereocenters. The zero-order chi connectivity index (χ0) is 10.9. The summed E-state index contributed by atoms with van der Waals surface area (Å²) in [6, 6.07) is 0.857. The van der Waals surface area contributed by atoms with E-state index in [1.807, 2.05) is 0 Å². The van der Waals surface area contributed by atoms with Crippen LogP contribution in [0.1, 0.15) is 52.4 Å². The Bertz CT molecular complexity index is 201. The molecule has 1 saturated carbocycles. The van der Waals surface area contributed by atoms with Crippen molar-refractivity contribution in [1.82, 2.24) is 4.90 Å². The molecule has 0 aromatic rings. The van der Waals surface area contributed by atoms with E-state index in [2.05, 4.69) is 18.7 Å². The van der Waals surface area contributed by atoms with Gasteiger partial charge in [0, 0.05) is 24.7 Å². The van der Waals surface area contributed by atoms with Crippen LogP contribution in [0.3, 0.4) is 0 Å². The molecule has 2 heteroatoms. The number of nitrogens with zero attached hydrogens (tertiary/aromatic N) is 1. The lowest BCUT2D eigenvalue weighted by molar-refractivity contribution is 0.00649. The van der Waals surface area contributed by atoms with Crippen LogP contribution in [0.4, 0.5) is 0 Å². The first kappa shape index (κ1) is 11.4. The molecule has 1 saturated heterocycles. The van der Waals surface area contributed by atoms with Crippen molar-refractivity contribution in [3.05, 3.63) is 0 Å². The molecule has 2 aliphatic rings. The lowest BCUT2D eigenvalue weighted by Gasteiger charge is -2.52. The van der Waals surface area contributed by atoms with Gasteiger partial charge >= 0.3 is 0 Å². The number of rotatable bonds is 3. The van der Waals surface area contributed by atoms with E-state index < -0.39 is 0 Å². The Morgan fingerprint density at radius 3 is 2.20 bits per heavy atom. The minimum atomic E-state index is 0.154. The highest BCUT2D eigenvalue weighted by Crippen LogP contribution is 2.34. The van der Waals surface area contributed by atoms with E-state index in [1.165, 1.54) is 32.1 Å². The molecule has 0 aromatic carbocycles. The second-order valence-electron chi connectivity index (χ2n) is 5.70. The van der Waals surface area contributed by atoms with Gasteiger partial charge in [-0.15, -0.1) is 0 Å². The van der Waals surface area contributed by atoms with E-state index in [0.717, 1.165) is 31.5 Å². The van der Waals surface area contributed by atoms with Gasteiger partial charge < -0.3 is 5.73 Å². The van der Waals surface area contributed by atoms with Gasteiger partial charge in [0.15, 0.2) is 0 Å². The van der Waals surface area contributed by atoms with Crippen LogP contribution in [0.15, 0.2) is 0 Å². The molecule has 2 fully saturated rings. The zero-order valence-electron chi connectivity index (χ0n) is 10.3. The van der Waals surface area contributed by atoms with Crippen LogP contribution in [0.2, 0.25) is 0 Å². The van der Waals surface area contributed by atoms with Crippen molar-refractivity contribution < 1.29 is 0 Å². The average Bonchev–Trinajstić information content (AvgIpc) is 2.25. The molecule has 88 valence electrons. The molecule has 1 aliphatic carbocycles. The molecule has 2 N–H and O–H groups in total. The molecule has 0 bridgehead atoms. The highest BCUT2D eigenvalue weighted by atomic mass is 15.3. The number of nitrogens with two attached hydrogens (primary N) is 1. The van der Waals surface area contributed by atoms with Crippen LogP contribution in [0.5, 0.6) is 0 Å². The Morgan fingerprint density at radius 1 is 1.13 bits per heavy atom. The quantitative estimate of drug-likeness (QED) is 0.775. The lowest BCUT2D eigenvalue weighted by atomic mass is 9.80. The summed E-state index contributed by atoms with van der Waals surface area (Å²) >= 11 is 0. The summed E-state index contributed by atoms with van der Waals surface area (Å²) in [5.41, 5.74) is 6.37. The van der Waals surface area contributed by atoms with Crippen LogP contribution in [0.25, 0.3) is 0 Å². The van der Waals surface area contributed by atoms with Crippen molar-refractivity contribution in [2.45, 2.75) is 64.0 Å². The van der Waals surface area contributed by atoms with Gasteiger partial charge in [0.25, 0.3) is 0 Å². The maximum Gasteiger partial charge on any atom is 0.0410 e. The first-order valence-corrected chi connectivity index (χ1v) is 6.70. The predicted octanol–water partition coefficient (Wildman–Crippen LogP) is 2.38. The Kier molecular flexibility index (Phi) is 3.36. The van der Waals surface area contributed by atoms with Crippen molar-refractivity contribution >= 4 is 0 Å². The SMILES string of the molecule is CCC1CCC(N2CC(N)(CC)C2)CC1. The van der Waals surface area contributed by atoms with Gasteiger partial charge in [-0.25, -0.2) is 0 Å². The van der Waals surface area contributed by atoms with Crippen LogP contribution < -0.4 is 5.73 Å². The van der Waals surface area contributed by atoms with Crippen molar-refractivity contribution in [3.63, 3.8) is 0 Å². The van der Waals surface area contributed by atoms with Gasteiger partial charge in [-0.3, -0.25) is 4.90 Å². The summed E-state index contributed by atoms with van der Waals surface area (Å²) in [6.07, 6.45) is 8.23. The third-order valence-electron chi connectivity index (χ3n) is 4.65. The third kappa shape index (κ3) is 2.36. The Labute approximate surface area is 94.2 Å². The third-order valence-corrected chi connectivity index (χ3v) is 4.65. The van der Waals surface area contributed by atoms with Crippen molar-refractivity contribution in [2.24, 2.45) is 11.7 Å². The Balaban J connectivity index is 1.74. The maximum atomic E-state index is 6.21. The van der Waals surface area contributed by atoms with Crippen LogP contribution in [-0.4, -0.2) is 29.6 Å². The van der Waals surface area contributed by atoms with E-state index in [9.17, 15) is 0 Å². The molecule has 2 rings (SSSR count). The molecule has 0 radical (unpaired) electrons. The monoisotopic (exact) mass is 210 g/mol. The van der Waals surface area contributed by atoms with E-state index in [-0.39, 0.29) is 5.54 Å². The normalized spacial score (nSPS) is 36.2. The van der Waals surface area contributed by atoms with E-state index >= 15 is 0 Å². The molecule has 0 aromatic heterocycles. The second kappa shape index (κ2) is 4.42. The minimum absolute atomic E-state index is 0.154. The fourth-order valence-electron chi connectivity index (χ4n) is 3.16. The van der Waals surface area contributed by atoms with Gasteiger partial charge in [-0.2, -0.15) is 0 Å². The molecule has 1 aliphatic heterocycles. The minimum Gasteiger partial charge on any atom is -0.323 e. The van der Waals surface area contributed by atoms with Crippen LogP contribution in [-0.2, 0) is 0 Å². The van der Waals surface area contributed by atoms with Crippen LogP contribution >= 0.6 is 0 Å². The molecule has 0 spiro atoms. The van der Waals surface area contributed by atoms with Crippen molar-refractivity contribution in [1.29, 1.82) is 0 Å². The van der Waals surface area contributed by atoms with Gasteiger partial charge in [-0.05, 0) is 38.0 Å². The summed E-state index contributed by atoms with van der Waals surface area (Å²) in [6.45, 7) is 6.83. The van der Waals surface area contributed by atoms with Crippen molar-refractivity contribution in [2.75, 3.05) is 13.1 Å². The molecule has 15 heavy (non-hydrogen) atoms. The first-order chi connectivity index (χ1) is 7.17. The summed E-state index contributed by atoms with van der Waals surface area (Å²) in [5.74, 6) is 1.01. The number of hydrogen-bond acceptors (Lipinski definition) is 2. The largest absolute Gasteiger partial charge is 0.323 e. The van der Waals surface area contributed by atoms with Crippen LogP contribution in [0, 0.1) is 5.92 Å². The van der Waals surface area contributed by atoms with Gasteiger partial charge in [-0.1, -0.05) is 20.3 Å². The zero-order valence-corrected chi connectivity index (χ0v) is 10.3. The predicted molar refractivity (Wildman–Crippen MR) is 64.8 cm³/mol. The molecule has 0 atom stereocenters. The fourth-order valence-corrected chi connectivity index (χ4v) is 3.16. The van der Waals surface area contributed by atoms with E-state index in [1.54, 1.807) is 0 Å². The number of hydrogen-bond donors (Lipinski definition) is 1. The van der Waals surface area contributed by atoms with Crippen molar-refractivity contribution in [3.8, 4) is 0 Å². The molecular formula is C13H26N2. The summed E-state index contributed by atoms with van der Waals surface area (Å²) in [7, 11) is 0. The van der Waals surface area contributed by atoms with Gasteiger partial charge in [0.05, 0.1) is 0 Å². The smallest absolute Gasteiger partial charge is 0.0410 e. The standard InChI is InChI=1S/C13H26N2/c1-3-11-5-7-12(8-6-11)15-9-13(14,4-2)10-15/h11-12H,3-10,14H2,1-2H3. The number of likely N-dealkylation sites (tertiary alicyclic amines) is 1. The molecule has 0 amide bonds. The highest BCUT2D eigenvalue weighted by Gasteiger charge is 2.41. The maximum absolute atomic E-state index is 6.21. The second-order valence-corrected chi connectivity index (χ2v) is 5.70. The topological polar surface area (TPSA) is 29.3 Å². The average molecular weight is 210 g/mol. The van der Waals surface area contributed by atoms with E-state index in [4.69, 9.17) is 5.73 Å². The summed E-state index contributed by atoms with van der Waals surface area (Å²) in [4.78, 5) is 2.62. The molecular weight excluding hydrogens is 184 g/mol. The lowest BCUT2D eigenvalue weighted by Crippen LogP contribution is -2.69. The summed E-state index contributed by atoms with van der Waals surface area (Å²) < 4.78 is 0.